The third kappa shape index (κ3) is 3.48. The molecule has 0 bridgehead atoms. The fraction of sp³-hybridized carbons (Fsp3) is 0.385. The number of nitrogens with two attached hydrogens (primary N) is 1. The van der Waals surface area contributed by atoms with Gasteiger partial charge in [-0.15, -0.1) is 0 Å². The minimum absolute atomic E-state index is 0.0744. The number of ether oxygens (including phenoxy) is 2. The van der Waals surface area contributed by atoms with Crippen molar-refractivity contribution in [1.29, 1.82) is 0 Å². The summed E-state index contributed by atoms with van der Waals surface area (Å²) in [6.45, 7) is 0.473. The lowest BCUT2D eigenvalue weighted by atomic mass is 10.2. The Labute approximate surface area is 112 Å². The monoisotopic (exact) mass is 283 g/mol. The molecule has 1 aliphatic heterocycles. The van der Waals surface area contributed by atoms with Crippen LogP contribution < -0.4 is 15.2 Å². The van der Waals surface area contributed by atoms with E-state index < -0.39 is 9.84 Å². The molecule has 5 nitrogen and oxygen atoms in total. The number of hydrogen-bond donors (Lipinski definition) is 1. The van der Waals surface area contributed by atoms with Crippen molar-refractivity contribution in [3.8, 4) is 11.5 Å². The van der Waals surface area contributed by atoms with Crippen molar-refractivity contribution >= 4 is 15.9 Å². The molecule has 0 radical (unpaired) electrons. The van der Waals surface area contributed by atoms with E-state index in [0.29, 0.717) is 18.0 Å². The molecule has 0 spiro atoms. The van der Waals surface area contributed by atoms with Gasteiger partial charge in [-0.3, -0.25) is 0 Å². The van der Waals surface area contributed by atoms with Gasteiger partial charge in [-0.05, 0) is 17.7 Å². The van der Waals surface area contributed by atoms with E-state index in [1.807, 2.05) is 24.3 Å². The molecule has 0 aliphatic carbocycles. The SMILES string of the molecule is COc1cc(/C=C/CN)ccc1OC1CS(=O)(=O)C1. The standard InChI is InChI=1S/C13H17NO4S/c1-17-13-7-10(3-2-6-14)4-5-12(13)18-11-8-19(15,16)9-11/h2-5,7,11H,6,8-9,14H2,1H3/b3-2+. The summed E-state index contributed by atoms with van der Waals surface area (Å²) in [5.41, 5.74) is 6.35. The first-order valence-corrected chi connectivity index (χ1v) is 7.78. The van der Waals surface area contributed by atoms with Gasteiger partial charge >= 0.3 is 0 Å². The predicted molar refractivity (Wildman–Crippen MR) is 74.2 cm³/mol. The summed E-state index contributed by atoms with van der Waals surface area (Å²) >= 11 is 0. The highest BCUT2D eigenvalue weighted by atomic mass is 32.2. The van der Waals surface area contributed by atoms with Crippen LogP contribution in [0.1, 0.15) is 5.56 Å². The zero-order valence-electron chi connectivity index (χ0n) is 10.7. The van der Waals surface area contributed by atoms with Crippen LogP contribution in [-0.2, 0) is 9.84 Å². The van der Waals surface area contributed by atoms with Crippen molar-refractivity contribution in [3.63, 3.8) is 0 Å². The van der Waals surface area contributed by atoms with Crippen molar-refractivity contribution in [3.05, 3.63) is 29.8 Å². The second-order valence-electron chi connectivity index (χ2n) is 4.37. The molecule has 2 N–H and O–H groups in total. The van der Waals surface area contributed by atoms with Crippen molar-refractivity contribution in [1.82, 2.24) is 0 Å². The van der Waals surface area contributed by atoms with Gasteiger partial charge in [0.2, 0.25) is 0 Å². The molecular formula is C13H17NO4S. The third-order valence-corrected chi connectivity index (χ3v) is 4.57. The van der Waals surface area contributed by atoms with E-state index in [-0.39, 0.29) is 17.6 Å². The van der Waals surface area contributed by atoms with Gasteiger partial charge in [0.15, 0.2) is 21.3 Å². The van der Waals surface area contributed by atoms with Crippen molar-refractivity contribution < 1.29 is 17.9 Å². The number of hydrogen-bond acceptors (Lipinski definition) is 5. The van der Waals surface area contributed by atoms with E-state index in [4.69, 9.17) is 15.2 Å². The van der Waals surface area contributed by atoms with Crippen molar-refractivity contribution in [2.75, 3.05) is 25.2 Å². The summed E-state index contributed by atoms with van der Waals surface area (Å²) in [6.07, 6.45) is 3.46. The molecule has 1 aromatic rings. The van der Waals surface area contributed by atoms with E-state index in [1.54, 1.807) is 13.2 Å². The van der Waals surface area contributed by atoms with Crippen LogP contribution in [-0.4, -0.2) is 39.7 Å². The average molecular weight is 283 g/mol. The highest BCUT2D eigenvalue weighted by Crippen LogP contribution is 2.31. The maximum absolute atomic E-state index is 11.1. The fourth-order valence-corrected chi connectivity index (χ4v) is 3.03. The molecule has 104 valence electrons. The number of rotatable bonds is 5. The first kappa shape index (κ1) is 13.9. The summed E-state index contributed by atoms with van der Waals surface area (Å²) in [4.78, 5) is 0. The van der Waals surface area contributed by atoms with Crippen LogP contribution in [0.3, 0.4) is 0 Å². The molecule has 0 amide bonds. The Kier molecular flexibility index (Phi) is 4.11. The van der Waals surface area contributed by atoms with Crippen LogP contribution in [0.15, 0.2) is 24.3 Å². The summed E-state index contributed by atoms with van der Waals surface area (Å²) < 4.78 is 33.0. The predicted octanol–water partition coefficient (Wildman–Crippen LogP) is 0.843. The molecule has 1 heterocycles. The molecule has 19 heavy (non-hydrogen) atoms. The molecule has 2 rings (SSSR count). The molecule has 1 fully saturated rings. The van der Waals surface area contributed by atoms with Crippen LogP contribution in [0.2, 0.25) is 0 Å². The Morgan fingerprint density at radius 1 is 1.37 bits per heavy atom. The van der Waals surface area contributed by atoms with Crippen molar-refractivity contribution in [2.24, 2.45) is 5.73 Å². The van der Waals surface area contributed by atoms with E-state index in [1.165, 1.54) is 0 Å². The average Bonchev–Trinajstić information content (AvgIpc) is 2.35. The minimum atomic E-state index is -2.88. The fourth-order valence-electron chi connectivity index (χ4n) is 1.85. The summed E-state index contributed by atoms with van der Waals surface area (Å²) in [5.74, 6) is 1.30. The highest BCUT2D eigenvalue weighted by molar-refractivity contribution is 7.92. The van der Waals surface area contributed by atoms with Crippen molar-refractivity contribution in [2.45, 2.75) is 6.10 Å². The van der Waals surface area contributed by atoms with Gasteiger partial charge < -0.3 is 15.2 Å². The third-order valence-electron chi connectivity index (χ3n) is 2.81. The van der Waals surface area contributed by atoms with E-state index >= 15 is 0 Å². The molecule has 0 unspecified atom stereocenters. The number of methoxy groups -OCH3 is 1. The quantitative estimate of drug-likeness (QED) is 0.866. The van der Waals surface area contributed by atoms with Gasteiger partial charge in [0.25, 0.3) is 0 Å². The van der Waals surface area contributed by atoms with E-state index in [0.717, 1.165) is 5.56 Å². The number of sulfone groups is 1. The molecule has 1 aliphatic rings. The maximum Gasteiger partial charge on any atom is 0.161 e. The van der Waals surface area contributed by atoms with Gasteiger partial charge in [0.1, 0.15) is 6.10 Å². The normalized spacial score (nSPS) is 18.2. The Balaban J connectivity index is 2.10. The maximum atomic E-state index is 11.1. The zero-order valence-corrected chi connectivity index (χ0v) is 11.5. The smallest absolute Gasteiger partial charge is 0.161 e. The molecule has 0 saturated carbocycles. The Morgan fingerprint density at radius 2 is 2.11 bits per heavy atom. The van der Waals surface area contributed by atoms with E-state index in [2.05, 4.69) is 0 Å². The second-order valence-corrected chi connectivity index (χ2v) is 6.52. The van der Waals surface area contributed by atoms with Gasteiger partial charge in [-0.2, -0.15) is 0 Å². The first-order chi connectivity index (χ1) is 9.04. The van der Waals surface area contributed by atoms with Gasteiger partial charge in [0.05, 0.1) is 18.6 Å². The number of benzene rings is 1. The molecule has 0 aromatic heterocycles. The first-order valence-electron chi connectivity index (χ1n) is 5.96. The van der Waals surface area contributed by atoms with Crippen LogP contribution >= 0.6 is 0 Å². The lowest BCUT2D eigenvalue weighted by Crippen LogP contribution is -2.45. The minimum Gasteiger partial charge on any atom is -0.493 e. The lowest BCUT2D eigenvalue weighted by molar-refractivity contribution is 0.219. The van der Waals surface area contributed by atoms with Gasteiger partial charge in [-0.25, -0.2) is 8.42 Å². The molecular weight excluding hydrogens is 266 g/mol. The van der Waals surface area contributed by atoms with Crippen LogP contribution in [0.25, 0.3) is 6.08 Å². The summed E-state index contributed by atoms with van der Waals surface area (Å²) in [7, 11) is -1.33. The Bertz CT molecular complexity index is 568. The second kappa shape index (κ2) is 5.63. The molecule has 6 heteroatoms. The molecule has 1 saturated heterocycles. The Morgan fingerprint density at radius 3 is 2.68 bits per heavy atom. The van der Waals surface area contributed by atoms with E-state index in [9.17, 15) is 8.42 Å². The van der Waals surface area contributed by atoms with Crippen LogP contribution in [0.5, 0.6) is 11.5 Å². The summed E-state index contributed by atoms with van der Waals surface area (Å²) in [5, 5.41) is 0. The molecule has 0 atom stereocenters. The topological polar surface area (TPSA) is 78.6 Å². The van der Waals surface area contributed by atoms with Gasteiger partial charge in [-0.1, -0.05) is 18.2 Å². The van der Waals surface area contributed by atoms with Gasteiger partial charge in [0, 0.05) is 6.54 Å². The lowest BCUT2D eigenvalue weighted by Gasteiger charge is -2.27. The summed E-state index contributed by atoms with van der Waals surface area (Å²) in [6, 6.07) is 5.48. The Hall–Kier alpha value is -1.53. The van der Waals surface area contributed by atoms with Crippen LogP contribution in [0, 0.1) is 0 Å². The highest BCUT2D eigenvalue weighted by Gasteiger charge is 2.35. The molecule has 1 aromatic carbocycles. The zero-order chi connectivity index (χ0) is 13.9. The largest absolute Gasteiger partial charge is 0.493 e. The van der Waals surface area contributed by atoms with Crippen LogP contribution in [0.4, 0.5) is 0 Å².